The first-order valence-electron chi connectivity index (χ1n) is 11.3. The van der Waals surface area contributed by atoms with Crippen LogP contribution in [0.5, 0.6) is 0 Å². The molecule has 3 heteroatoms. The Bertz CT molecular complexity index is 343. The van der Waals surface area contributed by atoms with Gasteiger partial charge in [-0.05, 0) is 38.5 Å². The lowest BCUT2D eigenvalue weighted by Gasteiger charge is -2.37. The minimum absolute atomic E-state index is 0.413. The van der Waals surface area contributed by atoms with E-state index in [4.69, 9.17) is 0 Å². The molecule has 26 heavy (non-hydrogen) atoms. The summed E-state index contributed by atoms with van der Waals surface area (Å²) in [6, 6.07) is 0. The highest BCUT2D eigenvalue weighted by Crippen LogP contribution is 2.33. The molecule has 0 aromatic heterocycles. The highest BCUT2D eigenvalue weighted by molar-refractivity contribution is 4.90. The first-order valence-corrected chi connectivity index (χ1v) is 11.3. The summed E-state index contributed by atoms with van der Waals surface area (Å²) in [5.74, 6) is 0. The fourth-order valence-electron chi connectivity index (χ4n) is 4.17. The molecular weight excluding hydrogens is 324 g/mol. The fraction of sp³-hybridized carbons (Fsp3) is 0.913. The topological polar surface area (TPSA) is 60.7 Å². The molecule has 3 N–H and O–H groups in total. The Morgan fingerprint density at radius 2 is 1.19 bits per heavy atom. The Morgan fingerprint density at radius 1 is 0.731 bits per heavy atom. The second kappa shape index (κ2) is 14.6. The first-order chi connectivity index (χ1) is 12.6. The van der Waals surface area contributed by atoms with Gasteiger partial charge in [0, 0.05) is 12.8 Å². The predicted octanol–water partition coefficient (Wildman–Crippen LogP) is 5.66. The highest BCUT2D eigenvalue weighted by Gasteiger charge is 2.37. The van der Waals surface area contributed by atoms with E-state index in [1.807, 2.05) is 0 Å². The van der Waals surface area contributed by atoms with Gasteiger partial charge in [-0.15, -0.1) is 0 Å². The summed E-state index contributed by atoms with van der Waals surface area (Å²) in [5, 5.41) is 29.9. The average molecular weight is 369 g/mol. The molecule has 0 heterocycles. The van der Waals surface area contributed by atoms with Gasteiger partial charge in [0.1, 0.15) is 0 Å². The summed E-state index contributed by atoms with van der Waals surface area (Å²) in [6.07, 6.45) is 22.1. The molecule has 1 rings (SSSR count). The van der Waals surface area contributed by atoms with Crippen molar-refractivity contribution in [2.24, 2.45) is 0 Å². The molecule has 0 aromatic rings. The standard InChI is InChI=1S/C23H44O3/c1-2-3-4-5-6-7-8-9-10-11-12-13-14-15-16-17-23(26)19-21(24)18-22(25)20-23/h7-8,21-22,24-26H,2-6,9-20H2,1H3/b8-7-/t21-,22-/m0/s1. The van der Waals surface area contributed by atoms with Crippen molar-refractivity contribution in [1.29, 1.82) is 0 Å². The lowest BCUT2D eigenvalue weighted by atomic mass is 9.78. The molecule has 0 aliphatic heterocycles. The monoisotopic (exact) mass is 368 g/mol. The second-order valence-corrected chi connectivity index (χ2v) is 8.51. The minimum atomic E-state index is -0.847. The lowest BCUT2D eigenvalue weighted by Crippen LogP contribution is -2.43. The van der Waals surface area contributed by atoms with Gasteiger partial charge in [-0.25, -0.2) is 0 Å². The Kier molecular flexibility index (Phi) is 13.3. The molecule has 0 bridgehead atoms. The number of aliphatic hydroxyl groups excluding tert-OH is 2. The first kappa shape index (κ1) is 23.7. The molecule has 0 aromatic carbocycles. The van der Waals surface area contributed by atoms with Crippen molar-refractivity contribution in [2.75, 3.05) is 0 Å². The molecule has 0 radical (unpaired) electrons. The summed E-state index contributed by atoms with van der Waals surface area (Å²) >= 11 is 0. The Labute approximate surface area is 161 Å². The van der Waals surface area contributed by atoms with Crippen LogP contribution in [0.4, 0.5) is 0 Å². The van der Waals surface area contributed by atoms with E-state index in [0.717, 1.165) is 12.8 Å². The quantitative estimate of drug-likeness (QED) is 0.258. The molecule has 1 fully saturated rings. The van der Waals surface area contributed by atoms with Crippen molar-refractivity contribution in [3.63, 3.8) is 0 Å². The maximum atomic E-state index is 10.5. The van der Waals surface area contributed by atoms with E-state index < -0.39 is 17.8 Å². The van der Waals surface area contributed by atoms with Gasteiger partial charge in [0.2, 0.25) is 0 Å². The molecule has 0 unspecified atom stereocenters. The van der Waals surface area contributed by atoms with Crippen LogP contribution in [0.2, 0.25) is 0 Å². The van der Waals surface area contributed by atoms with Gasteiger partial charge in [0.15, 0.2) is 0 Å². The van der Waals surface area contributed by atoms with Crippen molar-refractivity contribution < 1.29 is 15.3 Å². The number of allylic oxidation sites excluding steroid dienone is 2. The lowest BCUT2D eigenvalue weighted by molar-refractivity contribution is -0.0950. The zero-order chi connectivity index (χ0) is 19.1. The molecule has 1 saturated carbocycles. The van der Waals surface area contributed by atoms with Crippen LogP contribution in [0.25, 0.3) is 0 Å². The second-order valence-electron chi connectivity index (χ2n) is 8.51. The summed E-state index contributed by atoms with van der Waals surface area (Å²) < 4.78 is 0. The van der Waals surface area contributed by atoms with E-state index in [2.05, 4.69) is 19.1 Å². The van der Waals surface area contributed by atoms with Crippen molar-refractivity contribution in [1.82, 2.24) is 0 Å². The molecule has 1 aliphatic carbocycles. The van der Waals surface area contributed by atoms with E-state index in [0.29, 0.717) is 25.7 Å². The molecule has 0 amide bonds. The Balaban J connectivity index is 1.87. The Morgan fingerprint density at radius 3 is 1.73 bits per heavy atom. The molecule has 1 aliphatic rings. The van der Waals surface area contributed by atoms with Crippen LogP contribution in [-0.4, -0.2) is 33.1 Å². The third-order valence-corrected chi connectivity index (χ3v) is 5.68. The minimum Gasteiger partial charge on any atom is -0.393 e. The van der Waals surface area contributed by atoms with Crippen LogP contribution in [-0.2, 0) is 0 Å². The van der Waals surface area contributed by atoms with Gasteiger partial charge in [0.05, 0.1) is 17.8 Å². The molecule has 154 valence electrons. The van der Waals surface area contributed by atoms with Crippen molar-refractivity contribution >= 4 is 0 Å². The number of hydrogen-bond donors (Lipinski definition) is 3. The van der Waals surface area contributed by atoms with E-state index in [1.165, 1.54) is 70.6 Å². The fourth-order valence-corrected chi connectivity index (χ4v) is 4.17. The van der Waals surface area contributed by atoms with E-state index in [1.54, 1.807) is 0 Å². The van der Waals surface area contributed by atoms with Gasteiger partial charge in [-0.1, -0.05) is 76.9 Å². The molecule has 0 saturated heterocycles. The normalized spacial score (nSPS) is 26.6. The SMILES string of the molecule is CCCCCC/C=C\CCCCCCCCCC1(O)C[C@@H](O)C[C@H](O)C1. The maximum Gasteiger partial charge on any atom is 0.0697 e. The van der Waals surface area contributed by atoms with E-state index in [9.17, 15) is 15.3 Å². The van der Waals surface area contributed by atoms with E-state index in [-0.39, 0.29) is 0 Å². The van der Waals surface area contributed by atoms with E-state index >= 15 is 0 Å². The number of hydrogen-bond acceptors (Lipinski definition) is 3. The van der Waals surface area contributed by atoms with Crippen LogP contribution >= 0.6 is 0 Å². The zero-order valence-electron chi connectivity index (χ0n) is 17.2. The third kappa shape index (κ3) is 12.1. The predicted molar refractivity (Wildman–Crippen MR) is 110 cm³/mol. The van der Waals surface area contributed by atoms with Gasteiger partial charge in [0.25, 0.3) is 0 Å². The van der Waals surface area contributed by atoms with Gasteiger partial charge >= 0.3 is 0 Å². The van der Waals surface area contributed by atoms with Crippen LogP contribution in [0.1, 0.15) is 116 Å². The summed E-state index contributed by atoms with van der Waals surface area (Å²) in [7, 11) is 0. The van der Waals surface area contributed by atoms with Gasteiger partial charge in [-0.2, -0.15) is 0 Å². The summed E-state index contributed by atoms with van der Waals surface area (Å²) in [4.78, 5) is 0. The zero-order valence-corrected chi connectivity index (χ0v) is 17.2. The number of aliphatic hydroxyl groups is 3. The number of rotatable bonds is 15. The summed E-state index contributed by atoms with van der Waals surface area (Å²) in [6.45, 7) is 2.26. The highest BCUT2D eigenvalue weighted by atomic mass is 16.3. The van der Waals surface area contributed by atoms with Gasteiger partial charge < -0.3 is 15.3 Å². The Hall–Kier alpha value is -0.380. The maximum absolute atomic E-state index is 10.5. The van der Waals surface area contributed by atoms with Crippen molar-refractivity contribution in [3.05, 3.63) is 12.2 Å². The van der Waals surface area contributed by atoms with Crippen LogP contribution in [0.3, 0.4) is 0 Å². The van der Waals surface area contributed by atoms with Crippen molar-refractivity contribution in [3.8, 4) is 0 Å². The largest absolute Gasteiger partial charge is 0.393 e. The van der Waals surface area contributed by atoms with Crippen LogP contribution in [0, 0.1) is 0 Å². The average Bonchev–Trinajstić information content (AvgIpc) is 2.57. The molecular formula is C23H44O3. The molecule has 3 nitrogen and oxygen atoms in total. The third-order valence-electron chi connectivity index (χ3n) is 5.68. The summed E-state index contributed by atoms with van der Waals surface area (Å²) in [5.41, 5.74) is -0.847. The number of unbranched alkanes of at least 4 members (excludes halogenated alkanes) is 11. The van der Waals surface area contributed by atoms with Crippen molar-refractivity contribution in [2.45, 2.75) is 134 Å². The van der Waals surface area contributed by atoms with Gasteiger partial charge in [-0.3, -0.25) is 0 Å². The van der Waals surface area contributed by atoms with Crippen LogP contribution in [0.15, 0.2) is 12.2 Å². The smallest absolute Gasteiger partial charge is 0.0697 e. The van der Waals surface area contributed by atoms with Crippen LogP contribution < -0.4 is 0 Å². The molecule has 2 atom stereocenters. The molecule has 0 spiro atoms.